The van der Waals surface area contributed by atoms with Crippen molar-refractivity contribution in [1.29, 1.82) is 0 Å². The lowest BCUT2D eigenvalue weighted by Gasteiger charge is -2.32. The van der Waals surface area contributed by atoms with Gasteiger partial charge in [-0.25, -0.2) is 0 Å². The van der Waals surface area contributed by atoms with Gasteiger partial charge in [0.2, 0.25) is 0 Å². The van der Waals surface area contributed by atoms with Crippen LogP contribution in [0.25, 0.3) is 0 Å². The van der Waals surface area contributed by atoms with Crippen molar-refractivity contribution >= 4 is 17.8 Å². The molecule has 1 aromatic rings. The summed E-state index contributed by atoms with van der Waals surface area (Å²) in [4.78, 5) is 37.5. The Labute approximate surface area is 147 Å². The molecule has 1 heterocycles. The molecule has 1 unspecified atom stereocenters. The summed E-state index contributed by atoms with van der Waals surface area (Å²) in [7, 11) is 0. The molecule has 6 heteroatoms. The number of rotatable bonds is 4. The summed E-state index contributed by atoms with van der Waals surface area (Å²) in [5, 5.41) is 12.0. The number of piperidine rings is 1. The Morgan fingerprint density at radius 2 is 1.68 bits per heavy atom. The van der Waals surface area contributed by atoms with E-state index in [1.54, 1.807) is 29.2 Å². The minimum absolute atomic E-state index is 0.0572. The minimum atomic E-state index is -0.713. The molecule has 1 saturated carbocycles. The second-order valence-corrected chi connectivity index (χ2v) is 7.46. The quantitative estimate of drug-likeness (QED) is 0.876. The molecule has 1 saturated heterocycles. The van der Waals surface area contributed by atoms with Crippen LogP contribution in [-0.4, -0.2) is 46.9 Å². The van der Waals surface area contributed by atoms with Crippen LogP contribution in [-0.2, 0) is 4.79 Å². The van der Waals surface area contributed by atoms with E-state index in [-0.39, 0.29) is 29.2 Å². The lowest BCUT2D eigenvalue weighted by atomic mass is 9.90. The Bertz CT molecular complexity index is 688. The summed E-state index contributed by atoms with van der Waals surface area (Å²) in [5.41, 5.74) is 1.01. The number of carbonyl (C=O) groups is 3. The van der Waals surface area contributed by atoms with Gasteiger partial charge in [0.15, 0.2) is 0 Å². The van der Waals surface area contributed by atoms with Crippen LogP contribution in [0.5, 0.6) is 0 Å². The zero-order valence-electron chi connectivity index (χ0n) is 14.6. The van der Waals surface area contributed by atoms with Crippen molar-refractivity contribution in [2.24, 2.45) is 11.3 Å². The van der Waals surface area contributed by atoms with E-state index in [9.17, 15) is 14.4 Å². The molecule has 2 aliphatic rings. The van der Waals surface area contributed by atoms with Crippen LogP contribution in [0, 0.1) is 11.3 Å². The summed E-state index contributed by atoms with van der Waals surface area (Å²) in [6.07, 6.45) is 2.25. The van der Waals surface area contributed by atoms with Crippen molar-refractivity contribution in [3.05, 3.63) is 35.4 Å². The van der Waals surface area contributed by atoms with Gasteiger partial charge in [0.1, 0.15) is 0 Å². The normalized spacial score (nSPS) is 21.2. The largest absolute Gasteiger partial charge is 0.481 e. The van der Waals surface area contributed by atoms with E-state index in [1.165, 1.54) is 0 Å². The highest BCUT2D eigenvalue weighted by atomic mass is 16.4. The maximum Gasteiger partial charge on any atom is 0.307 e. The first-order valence-electron chi connectivity index (χ1n) is 8.75. The molecule has 1 aliphatic carbocycles. The first kappa shape index (κ1) is 17.5. The van der Waals surface area contributed by atoms with Gasteiger partial charge in [0.25, 0.3) is 11.8 Å². The van der Waals surface area contributed by atoms with E-state index in [0.717, 1.165) is 19.3 Å². The van der Waals surface area contributed by atoms with Crippen LogP contribution in [0.3, 0.4) is 0 Å². The standard InChI is InChI=1S/C19H24N2O4/c1-12(2)20-16(22)13-3-5-14(6-4-13)17(23)21-9-7-19(8-10-21)11-15(19)18(24)25/h3-6,12,15H,7-11H2,1-2H3,(H,20,22)(H,24,25). The SMILES string of the molecule is CC(C)NC(=O)c1ccc(C(=O)N2CCC3(CC2)CC3C(=O)O)cc1. The molecule has 1 aromatic carbocycles. The molecule has 0 aromatic heterocycles. The molecule has 0 bridgehead atoms. The average Bonchev–Trinajstić information content (AvgIpc) is 3.28. The number of nitrogens with one attached hydrogen (secondary N) is 1. The van der Waals surface area contributed by atoms with Gasteiger partial charge in [-0.1, -0.05) is 0 Å². The Hall–Kier alpha value is -2.37. The van der Waals surface area contributed by atoms with Crippen LogP contribution in [0.2, 0.25) is 0 Å². The Morgan fingerprint density at radius 1 is 1.12 bits per heavy atom. The number of carboxylic acid groups (broad SMARTS) is 1. The molecule has 0 radical (unpaired) electrons. The summed E-state index contributed by atoms with van der Waals surface area (Å²) in [6.45, 7) is 4.98. The highest BCUT2D eigenvalue weighted by molar-refractivity contribution is 5.98. The van der Waals surface area contributed by atoms with Crippen LogP contribution in [0.4, 0.5) is 0 Å². The van der Waals surface area contributed by atoms with Crippen molar-refractivity contribution in [2.75, 3.05) is 13.1 Å². The maximum absolute atomic E-state index is 12.6. The fourth-order valence-electron chi connectivity index (χ4n) is 3.70. The lowest BCUT2D eigenvalue weighted by molar-refractivity contribution is -0.139. The van der Waals surface area contributed by atoms with Crippen molar-refractivity contribution in [2.45, 2.75) is 39.2 Å². The van der Waals surface area contributed by atoms with Gasteiger partial charge >= 0.3 is 5.97 Å². The van der Waals surface area contributed by atoms with Gasteiger partial charge in [-0.05, 0) is 62.8 Å². The van der Waals surface area contributed by atoms with Gasteiger partial charge in [-0.2, -0.15) is 0 Å². The predicted molar refractivity (Wildman–Crippen MR) is 92.4 cm³/mol. The fraction of sp³-hybridized carbons (Fsp3) is 0.526. The third-order valence-electron chi connectivity index (χ3n) is 5.35. The number of carbonyl (C=O) groups excluding carboxylic acids is 2. The molecule has 3 rings (SSSR count). The second kappa shape index (κ2) is 6.50. The van der Waals surface area contributed by atoms with E-state index in [1.807, 2.05) is 13.8 Å². The van der Waals surface area contributed by atoms with Gasteiger partial charge in [0, 0.05) is 30.3 Å². The fourth-order valence-corrected chi connectivity index (χ4v) is 3.70. The third kappa shape index (κ3) is 3.52. The molecule has 2 amide bonds. The number of hydrogen-bond donors (Lipinski definition) is 2. The molecule has 6 nitrogen and oxygen atoms in total. The van der Waals surface area contributed by atoms with E-state index in [0.29, 0.717) is 24.2 Å². The number of aliphatic carboxylic acids is 1. The maximum atomic E-state index is 12.6. The van der Waals surface area contributed by atoms with Crippen LogP contribution < -0.4 is 5.32 Å². The first-order chi connectivity index (χ1) is 11.8. The van der Waals surface area contributed by atoms with Crippen LogP contribution in [0.15, 0.2) is 24.3 Å². The Kier molecular flexibility index (Phi) is 4.54. The van der Waals surface area contributed by atoms with Crippen LogP contribution in [0.1, 0.15) is 53.8 Å². The number of carboxylic acids is 1. The van der Waals surface area contributed by atoms with E-state index < -0.39 is 5.97 Å². The molecule has 1 spiro atoms. The summed E-state index contributed by atoms with van der Waals surface area (Å²) >= 11 is 0. The molecule has 2 N–H and O–H groups in total. The zero-order valence-corrected chi connectivity index (χ0v) is 14.6. The number of nitrogens with zero attached hydrogens (tertiary/aromatic N) is 1. The monoisotopic (exact) mass is 344 g/mol. The predicted octanol–water partition coefficient (Wildman–Crippen LogP) is 2.15. The third-order valence-corrected chi connectivity index (χ3v) is 5.35. The van der Waals surface area contributed by atoms with Gasteiger partial charge in [-0.15, -0.1) is 0 Å². The van der Waals surface area contributed by atoms with Gasteiger partial charge < -0.3 is 15.3 Å². The molecule has 25 heavy (non-hydrogen) atoms. The van der Waals surface area contributed by atoms with Gasteiger partial charge in [-0.3, -0.25) is 14.4 Å². The smallest absolute Gasteiger partial charge is 0.307 e. The second-order valence-electron chi connectivity index (χ2n) is 7.46. The molecule has 2 fully saturated rings. The summed E-state index contributed by atoms with van der Waals surface area (Å²) in [6, 6.07) is 6.75. The number of amides is 2. The topological polar surface area (TPSA) is 86.7 Å². The molecule has 1 atom stereocenters. The molecule has 134 valence electrons. The number of benzene rings is 1. The van der Waals surface area contributed by atoms with Gasteiger partial charge in [0.05, 0.1) is 5.92 Å². The molecule has 1 aliphatic heterocycles. The van der Waals surface area contributed by atoms with E-state index >= 15 is 0 Å². The average molecular weight is 344 g/mol. The van der Waals surface area contributed by atoms with Crippen LogP contribution >= 0.6 is 0 Å². The minimum Gasteiger partial charge on any atom is -0.481 e. The first-order valence-corrected chi connectivity index (χ1v) is 8.75. The highest BCUT2D eigenvalue weighted by Gasteiger charge is 2.59. The van der Waals surface area contributed by atoms with Crippen molar-refractivity contribution < 1.29 is 19.5 Å². The summed E-state index contributed by atoms with van der Waals surface area (Å²) in [5.74, 6) is -1.15. The highest BCUT2D eigenvalue weighted by Crippen LogP contribution is 2.59. The molecular weight excluding hydrogens is 320 g/mol. The van der Waals surface area contributed by atoms with E-state index in [2.05, 4.69) is 5.32 Å². The van der Waals surface area contributed by atoms with Crippen molar-refractivity contribution in [3.8, 4) is 0 Å². The van der Waals surface area contributed by atoms with Crippen molar-refractivity contribution in [1.82, 2.24) is 10.2 Å². The molecular formula is C19H24N2O4. The Morgan fingerprint density at radius 3 is 2.16 bits per heavy atom. The van der Waals surface area contributed by atoms with Crippen molar-refractivity contribution in [3.63, 3.8) is 0 Å². The van der Waals surface area contributed by atoms with E-state index in [4.69, 9.17) is 5.11 Å². The zero-order chi connectivity index (χ0) is 18.2. The summed E-state index contributed by atoms with van der Waals surface area (Å²) < 4.78 is 0. The number of likely N-dealkylation sites (tertiary alicyclic amines) is 1. The Balaban J connectivity index is 1.59. The lowest BCUT2D eigenvalue weighted by Crippen LogP contribution is -2.40. The number of hydrogen-bond acceptors (Lipinski definition) is 3.